The van der Waals surface area contributed by atoms with E-state index >= 15 is 0 Å². The first kappa shape index (κ1) is 16.2. The molecule has 0 aromatic heterocycles. The normalized spacial score (nSPS) is 10.2. The minimum absolute atomic E-state index is 0.138. The van der Waals surface area contributed by atoms with Gasteiger partial charge in [0, 0.05) is 5.56 Å². The predicted octanol–water partition coefficient (Wildman–Crippen LogP) is 4.00. The van der Waals surface area contributed by atoms with Crippen LogP contribution in [-0.4, -0.2) is 20.1 Å². The standard InChI is InChI=1S/C15H12BrF2NO3/c1-21-11-6-8(7-12(22-2)13(11)16)15(20)19-14-9(17)4-3-5-10(14)18/h3-7H,1-2H3,(H,19,20). The topological polar surface area (TPSA) is 47.6 Å². The van der Waals surface area contributed by atoms with Gasteiger partial charge in [-0.15, -0.1) is 0 Å². The summed E-state index contributed by atoms with van der Waals surface area (Å²) in [4.78, 5) is 12.2. The fourth-order valence-corrected chi connectivity index (χ4v) is 2.36. The van der Waals surface area contributed by atoms with E-state index in [9.17, 15) is 13.6 Å². The summed E-state index contributed by atoms with van der Waals surface area (Å²) in [7, 11) is 2.86. The number of carbonyl (C=O) groups excluding carboxylic acids is 1. The molecule has 0 unspecified atom stereocenters. The Hall–Kier alpha value is -2.15. The average molecular weight is 372 g/mol. The molecule has 0 saturated carbocycles. The fourth-order valence-electron chi connectivity index (χ4n) is 1.80. The van der Waals surface area contributed by atoms with Gasteiger partial charge in [0.2, 0.25) is 0 Å². The number of halogens is 3. The lowest BCUT2D eigenvalue weighted by molar-refractivity contribution is 0.102. The van der Waals surface area contributed by atoms with Crippen LogP contribution in [0.15, 0.2) is 34.8 Å². The minimum Gasteiger partial charge on any atom is -0.495 e. The summed E-state index contributed by atoms with van der Waals surface area (Å²) >= 11 is 3.27. The van der Waals surface area contributed by atoms with E-state index < -0.39 is 23.2 Å². The molecule has 4 nitrogen and oxygen atoms in total. The molecule has 7 heteroatoms. The molecule has 116 valence electrons. The highest BCUT2D eigenvalue weighted by molar-refractivity contribution is 9.10. The van der Waals surface area contributed by atoms with Gasteiger partial charge in [0.25, 0.3) is 5.91 Å². The van der Waals surface area contributed by atoms with E-state index in [-0.39, 0.29) is 5.56 Å². The largest absolute Gasteiger partial charge is 0.495 e. The van der Waals surface area contributed by atoms with E-state index in [1.807, 2.05) is 0 Å². The summed E-state index contributed by atoms with van der Waals surface area (Å²) < 4.78 is 37.9. The monoisotopic (exact) mass is 371 g/mol. The van der Waals surface area contributed by atoms with Crippen molar-refractivity contribution in [3.05, 3.63) is 52.0 Å². The summed E-state index contributed by atoms with van der Waals surface area (Å²) in [6, 6.07) is 6.19. The quantitative estimate of drug-likeness (QED) is 0.883. The number of hydrogen-bond donors (Lipinski definition) is 1. The second-order valence-corrected chi connectivity index (χ2v) is 5.04. The molecule has 0 atom stereocenters. The van der Waals surface area contributed by atoms with Crippen molar-refractivity contribution in [3.63, 3.8) is 0 Å². The molecule has 1 N–H and O–H groups in total. The lowest BCUT2D eigenvalue weighted by Gasteiger charge is -2.12. The molecule has 0 saturated heterocycles. The molecule has 2 aromatic carbocycles. The molecule has 0 aliphatic rings. The number of benzene rings is 2. The van der Waals surface area contributed by atoms with Crippen molar-refractivity contribution in [2.75, 3.05) is 19.5 Å². The number of nitrogens with one attached hydrogen (secondary N) is 1. The van der Waals surface area contributed by atoms with Crippen LogP contribution in [0.5, 0.6) is 11.5 Å². The maximum atomic E-state index is 13.6. The first-order valence-electron chi connectivity index (χ1n) is 6.14. The van der Waals surface area contributed by atoms with Gasteiger partial charge in [-0.25, -0.2) is 8.78 Å². The van der Waals surface area contributed by atoms with Crippen LogP contribution in [-0.2, 0) is 0 Å². The number of hydrogen-bond acceptors (Lipinski definition) is 3. The molecule has 0 radical (unpaired) electrons. The van der Waals surface area contributed by atoms with Crippen molar-refractivity contribution in [2.24, 2.45) is 0 Å². The van der Waals surface area contributed by atoms with Crippen LogP contribution in [0.3, 0.4) is 0 Å². The van der Waals surface area contributed by atoms with E-state index in [4.69, 9.17) is 9.47 Å². The van der Waals surface area contributed by atoms with E-state index in [1.165, 1.54) is 32.4 Å². The first-order valence-corrected chi connectivity index (χ1v) is 6.94. The highest BCUT2D eigenvalue weighted by Crippen LogP contribution is 2.35. The van der Waals surface area contributed by atoms with Gasteiger partial charge >= 0.3 is 0 Å². The van der Waals surface area contributed by atoms with Crippen LogP contribution in [0.4, 0.5) is 14.5 Å². The molecule has 2 aromatic rings. The van der Waals surface area contributed by atoms with Gasteiger partial charge in [-0.05, 0) is 40.2 Å². The molecular formula is C15H12BrF2NO3. The highest BCUT2D eigenvalue weighted by atomic mass is 79.9. The van der Waals surface area contributed by atoms with Crippen LogP contribution in [0.25, 0.3) is 0 Å². The Morgan fingerprint density at radius 2 is 1.59 bits per heavy atom. The highest BCUT2D eigenvalue weighted by Gasteiger charge is 2.17. The number of anilines is 1. The molecule has 0 aliphatic carbocycles. The predicted molar refractivity (Wildman–Crippen MR) is 81.6 cm³/mol. The Bertz CT molecular complexity index is 677. The molecule has 22 heavy (non-hydrogen) atoms. The Labute approximate surface area is 134 Å². The van der Waals surface area contributed by atoms with Gasteiger partial charge in [-0.2, -0.15) is 0 Å². The van der Waals surface area contributed by atoms with Crippen molar-refractivity contribution >= 4 is 27.5 Å². The molecule has 0 bridgehead atoms. The van der Waals surface area contributed by atoms with Crippen LogP contribution < -0.4 is 14.8 Å². The lowest BCUT2D eigenvalue weighted by Crippen LogP contribution is -2.14. The Morgan fingerprint density at radius 3 is 2.05 bits per heavy atom. The second-order valence-electron chi connectivity index (χ2n) is 4.25. The SMILES string of the molecule is COc1cc(C(=O)Nc2c(F)cccc2F)cc(OC)c1Br. The van der Waals surface area contributed by atoms with E-state index in [0.29, 0.717) is 16.0 Å². The number of amides is 1. The third-order valence-electron chi connectivity index (χ3n) is 2.91. The number of para-hydroxylation sites is 1. The lowest BCUT2D eigenvalue weighted by atomic mass is 10.1. The maximum absolute atomic E-state index is 13.6. The number of rotatable bonds is 4. The summed E-state index contributed by atoms with van der Waals surface area (Å²) in [5, 5.41) is 2.20. The second kappa shape index (κ2) is 6.74. The maximum Gasteiger partial charge on any atom is 0.256 e. The molecule has 0 spiro atoms. The Morgan fingerprint density at radius 1 is 1.09 bits per heavy atom. The molecule has 0 aliphatic heterocycles. The summed E-state index contributed by atoms with van der Waals surface area (Å²) in [6.07, 6.45) is 0. The number of methoxy groups -OCH3 is 2. The fraction of sp³-hybridized carbons (Fsp3) is 0.133. The third kappa shape index (κ3) is 3.19. The number of ether oxygens (including phenoxy) is 2. The van der Waals surface area contributed by atoms with Crippen LogP contribution in [0.2, 0.25) is 0 Å². The Balaban J connectivity index is 2.38. The van der Waals surface area contributed by atoms with Gasteiger partial charge < -0.3 is 14.8 Å². The molecular weight excluding hydrogens is 360 g/mol. The van der Waals surface area contributed by atoms with Crippen molar-refractivity contribution in [1.82, 2.24) is 0 Å². The molecule has 0 heterocycles. The van der Waals surface area contributed by atoms with Crippen molar-refractivity contribution in [2.45, 2.75) is 0 Å². The zero-order valence-electron chi connectivity index (χ0n) is 11.7. The van der Waals surface area contributed by atoms with Gasteiger partial charge in [-0.3, -0.25) is 4.79 Å². The van der Waals surface area contributed by atoms with Gasteiger partial charge in [0.15, 0.2) is 0 Å². The first-order chi connectivity index (χ1) is 10.5. The molecule has 0 fully saturated rings. The van der Waals surface area contributed by atoms with Gasteiger partial charge in [-0.1, -0.05) is 6.07 Å². The van der Waals surface area contributed by atoms with Crippen LogP contribution in [0.1, 0.15) is 10.4 Å². The molecule has 2 rings (SSSR count). The van der Waals surface area contributed by atoms with Crippen molar-refractivity contribution < 1.29 is 23.0 Å². The Kier molecular flexibility index (Phi) is 4.97. The number of carbonyl (C=O) groups is 1. The van der Waals surface area contributed by atoms with E-state index in [1.54, 1.807) is 0 Å². The minimum atomic E-state index is -0.857. The zero-order chi connectivity index (χ0) is 16.3. The van der Waals surface area contributed by atoms with Gasteiger partial charge in [0.1, 0.15) is 33.3 Å². The van der Waals surface area contributed by atoms with E-state index in [2.05, 4.69) is 21.2 Å². The van der Waals surface area contributed by atoms with Crippen molar-refractivity contribution in [1.29, 1.82) is 0 Å². The summed E-state index contributed by atoms with van der Waals surface area (Å²) in [6.45, 7) is 0. The van der Waals surface area contributed by atoms with E-state index in [0.717, 1.165) is 12.1 Å². The van der Waals surface area contributed by atoms with Crippen LogP contribution >= 0.6 is 15.9 Å². The third-order valence-corrected chi connectivity index (χ3v) is 3.69. The summed E-state index contributed by atoms with van der Waals surface area (Å²) in [5.41, 5.74) is -0.368. The molecule has 1 amide bonds. The average Bonchev–Trinajstić information content (AvgIpc) is 2.51. The van der Waals surface area contributed by atoms with Crippen LogP contribution in [0, 0.1) is 11.6 Å². The summed E-state index contributed by atoms with van der Waals surface area (Å²) in [5.74, 6) is -1.68. The van der Waals surface area contributed by atoms with Gasteiger partial charge in [0.05, 0.1) is 14.2 Å². The zero-order valence-corrected chi connectivity index (χ0v) is 13.3. The van der Waals surface area contributed by atoms with Crippen molar-refractivity contribution in [3.8, 4) is 11.5 Å². The smallest absolute Gasteiger partial charge is 0.256 e.